The average Bonchev–Trinajstić information content (AvgIpc) is 3.28. The molecule has 0 radical (unpaired) electrons. The van der Waals surface area contributed by atoms with E-state index in [-0.39, 0.29) is 0 Å². The van der Waals surface area contributed by atoms with Crippen molar-refractivity contribution in [2.45, 2.75) is 47.1 Å². The van der Waals surface area contributed by atoms with Crippen LogP contribution in [0, 0.1) is 6.92 Å². The summed E-state index contributed by atoms with van der Waals surface area (Å²) >= 11 is 1.68. The van der Waals surface area contributed by atoms with Crippen molar-refractivity contribution in [3.63, 3.8) is 0 Å². The van der Waals surface area contributed by atoms with Gasteiger partial charge >= 0.3 is 14.9 Å². The Morgan fingerprint density at radius 1 is 1.00 bits per heavy atom. The number of carbonyl (C=O) groups is 1. The molecule has 2 aromatic rings. The number of nitrogens with one attached hydrogen (secondary N) is 1. The average molecular weight is 593 g/mol. The lowest BCUT2D eigenvalue weighted by atomic mass is 10.1. The number of nitrogens with zero attached hydrogens (tertiary/aromatic N) is 1. The van der Waals surface area contributed by atoms with Crippen molar-refractivity contribution in [2.24, 2.45) is 0 Å². The summed E-state index contributed by atoms with van der Waals surface area (Å²) in [5, 5.41) is 2.82. The van der Waals surface area contributed by atoms with Gasteiger partial charge in [-0.3, -0.25) is 0 Å². The number of ether oxygens (including phenoxy) is 3. The molecule has 1 aliphatic heterocycles. The van der Waals surface area contributed by atoms with Gasteiger partial charge in [-0.15, -0.1) is 11.3 Å². The fourth-order valence-corrected chi connectivity index (χ4v) is 8.03. The van der Waals surface area contributed by atoms with Crippen molar-refractivity contribution in [3.8, 4) is 11.5 Å². The minimum atomic E-state index is -2.70. The van der Waals surface area contributed by atoms with Crippen molar-refractivity contribution in [2.75, 3.05) is 64.2 Å². The maximum absolute atomic E-state index is 12.2. The number of hydrogen-bond acceptors (Lipinski definition) is 9. The zero-order valence-corrected chi connectivity index (χ0v) is 26.3. The number of likely N-dealkylation sites (N-methyl/N-ethyl adjacent to an activating group) is 1. The Balaban J connectivity index is 1.42. The quantitative estimate of drug-likeness (QED) is 0.177. The topological polar surface area (TPSA) is 87.7 Å². The fourth-order valence-electron chi connectivity index (χ4n) is 4.46. The van der Waals surface area contributed by atoms with E-state index in [0.29, 0.717) is 65.2 Å². The van der Waals surface area contributed by atoms with Crippen molar-refractivity contribution in [1.29, 1.82) is 0 Å². The van der Waals surface area contributed by atoms with Crippen molar-refractivity contribution >= 4 is 44.1 Å². The lowest BCUT2D eigenvalue weighted by Crippen LogP contribution is -2.46. The Morgan fingerprint density at radius 3 is 2.27 bits per heavy atom. The van der Waals surface area contributed by atoms with Crippen LogP contribution in [-0.4, -0.2) is 74.2 Å². The third-order valence-corrected chi connectivity index (χ3v) is 10.5. The number of benzene rings is 1. The summed E-state index contributed by atoms with van der Waals surface area (Å²) in [5.74, 6) is 1.72. The molecule has 0 saturated heterocycles. The largest absolute Gasteiger partial charge is 0.500 e. The molecule has 40 heavy (non-hydrogen) atoms. The Hall–Kier alpha value is -2.57. The first-order valence-corrected chi connectivity index (χ1v) is 16.9. The van der Waals surface area contributed by atoms with Crippen LogP contribution >= 0.6 is 11.3 Å². The lowest BCUT2D eigenvalue weighted by Gasteiger charge is -2.28. The maximum atomic E-state index is 12.2. The van der Waals surface area contributed by atoms with E-state index in [9.17, 15) is 4.79 Å². The van der Waals surface area contributed by atoms with E-state index >= 15 is 0 Å². The predicted octanol–water partition coefficient (Wildman–Crippen LogP) is 5.99. The Bertz CT molecular complexity index is 1060. The molecule has 0 unspecified atom stereocenters. The number of alkyl carbamates (subject to hydrolysis) is 1. The lowest BCUT2D eigenvalue weighted by molar-refractivity contribution is 0.0706. The molecule has 9 nitrogen and oxygen atoms in total. The fraction of sp³-hybridized carbons (Fsp3) is 0.552. The number of aryl methyl sites for hydroxylation is 1. The highest BCUT2D eigenvalue weighted by molar-refractivity contribution is 7.13. The SMILES string of the molecule is CCO[Si](CCCNC(=O)OCCN(CC)c1ccc(/C=C/c2sc(C)c3c2OCCO3)cc1)(OCC)OCC. The monoisotopic (exact) mass is 592 g/mol. The summed E-state index contributed by atoms with van der Waals surface area (Å²) in [6, 6.07) is 8.99. The molecule has 1 aliphatic rings. The second-order valence-corrected chi connectivity index (χ2v) is 13.0. The minimum absolute atomic E-state index is 0.293. The van der Waals surface area contributed by atoms with Gasteiger partial charge in [0.25, 0.3) is 0 Å². The van der Waals surface area contributed by atoms with Gasteiger partial charge in [-0.25, -0.2) is 4.79 Å². The number of carbonyl (C=O) groups excluding carboxylic acids is 1. The number of fused-ring (bicyclic) bond motifs is 1. The second kappa shape index (κ2) is 16.6. The van der Waals surface area contributed by atoms with Crippen LogP contribution in [0.15, 0.2) is 24.3 Å². The first kappa shape index (κ1) is 31.9. The number of rotatable bonds is 17. The molecule has 1 N–H and O–H groups in total. The minimum Gasteiger partial charge on any atom is -0.485 e. The van der Waals surface area contributed by atoms with Gasteiger partial charge in [-0.2, -0.15) is 0 Å². The van der Waals surface area contributed by atoms with Gasteiger partial charge in [0.05, 0.1) is 11.4 Å². The van der Waals surface area contributed by atoms with Crippen LogP contribution < -0.4 is 19.7 Å². The summed E-state index contributed by atoms with van der Waals surface area (Å²) in [6.07, 6.45) is 4.43. The highest BCUT2D eigenvalue weighted by Gasteiger charge is 2.39. The molecule has 1 aromatic heterocycles. The Morgan fingerprint density at radius 2 is 1.65 bits per heavy atom. The van der Waals surface area contributed by atoms with Gasteiger partial charge in [-0.1, -0.05) is 18.2 Å². The van der Waals surface area contributed by atoms with E-state index in [1.54, 1.807) is 11.3 Å². The highest BCUT2D eigenvalue weighted by atomic mass is 32.1. The first-order valence-electron chi connectivity index (χ1n) is 14.2. The summed E-state index contributed by atoms with van der Waals surface area (Å²) < 4.78 is 34.6. The summed E-state index contributed by atoms with van der Waals surface area (Å²) in [4.78, 5) is 16.6. The predicted molar refractivity (Wildman–Crippen MR) is 163 cm³/mol. The molecule has 0 fully saturated rings. The molecule has 222 valence electrons. The molecule has 2 heterocycles. The number of amides is 1. The van der Waals surface area contributed by atoms with Crippen LogP contribution in [-0.2, 0) is 18.0 Å². The van der Waals surface area contributed by atoms with E-state index < -0.39 is 14.9 Å². The molecule has 1 amide bonds. The van der Waals surface area contributed by atoms with E-state index in [1.807, 2.05) is 20.8 Å². The van der Waals surface area contributed by atoms with E-state index in [2.05, 4.69) is 60.5 Å². The Kier molecular flexibility index (Phi) is 13.3. The van der Waals surface area contributed by atoms with Crippen LogP contribution in [0.2, 0.25) is 6.04 Å². The maximum Gasteiger partial charge on any atom is 0.500 e. The molecule has 0 spiro atoms. The van der Waals surface area contributed by atoms with Crippen LogP contribution in [0.3, 0.4) is 0 Å². The van der Waals surface area contributed by atoms with Crippen molar-refractivity contribution in [1.82, 2.24) is 5.32 Å². The van der Waals surface area contributed by atoms with Crippen LogP contribution in [0.1, 0.15) is 49.4 Å². The van der Waals surface area contributed by atoms with Crippen LogP contribution in [0.5, 0.6) is 11.5 Å². The molecule has 1 aromatic carbocycles. The third kappa shape index (κ3) is 9.24. The zero-order valence-electron chi connectivity index (χ0n) is 24.5. The zero-order chi connectivity index (χ0) is 28.8. The third-order valence-electron chi connectivity index (χ3n) is 6.27. The number of anilines is 1. The van der Waals surface area contributed by atoms with Gasteiger partial charge in [0, 0.05) is 49.5 Å². The van der Waals surface area contributed by atoms with Crippen LogP contribution in [0.4, 0.5) is 10.5 Å². The molecular weight excluding hydrogens is 548 g/mol. The molecular formula is C29H44N2O7SSi. The number of hydrogen-bond donors (Lipinski definition) is 1. The molecule has 0 saturated carbocycles. The molecule has 0 aliphatic carbocycles. The van der Waals surface area contributed by atoms with Gasteiger partial charge in [0.2, 0.25) is 0 Å². The summed E-state index contributed by atoms with van der Waals surface area (Å²) in [6.45, 7) is 14.9. The summed E-state index contributed by atoms with van der Waals surface area (Å²) in [7, 11) is -2.70. The van der Waals surface area contributed by atoms with Gasteiger partial charge in [0.15, 0.2) is 11.5 Å². The number of thiophene rings is 1. The van der Waals surface area contributed by atoms with Gasteiger partial charge in [0.1, 0.15) is 19.8 Å². The van der Waals surface area contributed by atoms with Crippen LogP contribution in [0.25, 0.3) is 12.2 Å². The molecule has 3 rings (SSSR count). The molecule has 0 bridgehead atoms. The smallest absolute Gasteiger partial charge is 0.485 e. The van der Waals surface area contributed by atoms with E-state index in [0.717, 1.165) is 39.0 Å². The van der Waals surface area contributed by atoms with E-state index in [1.165, 1.54) is 0 Å². The van der Waals surface area contributed by atoms with Gasteiger partial charge in [-0.05, 0) is 64.8 Å². The normalized spacial score (nSPS) is 13.0. The Labute approximate surface area is 243 Å². The molecule has 0 atom stereocenters. The van der Waals surface area contributed by atoms with Crippen molar-refractivity contribution < 1.29 is 32.3 Å². The van der Waals surface area contributed by atoms with Crippen molar-refractivity contribution in [3.05, 3.63) is 39.6 Å². The second-order valence-electron chi connectivity index (χ2n) is 9.03. The van der Waals surface area contributed by atoms with E-state index in [4.69, 9.17) is 27.5 Å². The van der Waals surface area contributed by atoms with Gasteiger partial charge < -0.3 is 37.7 Å². The molecule has 11 heteroatoms. The summed E-state index contributed by atoms with van der Waals surface area (Å²) in [5.41, 5.74) is 2.17. The first-order chi connectivity index (χ1) is 19.4. The standard InChI is InChI=1S/C29H44N2O7SSi/c1-6-31(18-19-35-29(32)30-17-10-22-40(36-7-2,37-8-3)38-9-4)25-14-11-24(12-15-25)13-16-26-28-27(23(5)39-26)33-20-21-34-28/h11-16H,6-10,17-22H2,1-5H3,(H,30,32)/b16-13+. The highest BCUT2D eigenvalue weighted by Crippen LogP contribution is 2.44.